The number of thioether (sulfide) groups is 1. The van der Waals surface area contributed by atoms with Crippen LogP contribution in [0.1, 0.15) is 18.1 Å². The molecule has 0 amide bonds. The molecule has 1 N–H and O–H groups in total. The molecule has 0 aliphatic heterocycles. The minimum absolute atomic E-state index is 0.792. The number of aliphatic carboxylic acids is 1. The fourth-order valence-electron chi connectivity index (χ4n) is 1.42. The van der Waals surface area contributed by atoms with Crippen LogP contribution in [-0.4, -0.2) is 17.3 Å². The average Bonchev–Trinajstić information content (AvgIpc) is 2.17. The first-order chi connectivity index (χ1) is 6.52. The van der Waals surface area contributed by atoms with Crippen LogP contribution < -0.4 is 0 Å². The number of hydrogen-bond donors (Lipinski definition) is 1. The van der Waals surface area contributed by atoms with Crippen molar-refractivity contribution in [1.82, 2.24) is 0 Å². The van der Waals surface area contributed by atoms with Crippen LogP contribution in [0.15, 0.2) is 24.3 Å². The zero-order chi connectivity index (χ0) is 10.8. The van der Waals surface area contributed by atoms with Crippen LogP contribution in [0.5, 0.6) is 0 Å². The summed E-state index contributed by atoms with van der Waals surface area (Å²) in [5, 5.41) is 9.19. The third-order valence-corrected chi connectivity index (χ3v) is 3.69. The van der Waals surface area contributed by atoms with Crippen LogP contribution in [0.2, 0.25) is 0 Å². The highest BCUT2D eigenvalue weighted by molar-refractivity contribution is 8.00. The molecule has 14 heavy (non-hydrogen) atoms. The Morgan fingerprint density at radius 2 is 2.00 bits per heavy atom. The molecular weight excluding hydrogens is 196 g/mol. The number of carboxylic acids is 1. The van der Waals surface area contributed by atoms with E-state index >= 15 is 0 Å². The van der Waals surface area contributed by atoms with E-state index < -0.39 is 10.7 Å². The Morgan fingerprint density at radius 1 is 1.43 bits per heavy atom. The van der Waals surface area contributed by atoms with E-state index in [1.807, 2.05) is 37.4 Å². The zero-order valence-corrected chi connectivity index (χ0v) is 9.39. The molecule has 76 valence electrons. The van der Waals surface area contributed by atoms with Crippen LogP contribution in [-0.2, 0) is 9.54 Å². The maximum Gasteiger partial charge on any atom is 0.324 e. The van der Waals surface area contributed by atoms with E-state index in [1.165, 1.54) is 11.8 Å². The lowest BCUT2D eigenvalue weighted by atomic mass is 9.96. The average molecular weight is 210 g/mol. The van der Waals surface area contributed by atoms with Crippen molar-refractivity contribution in [1.29, 1.82) is 0 Å². The minimum Gasteiger partial charge on any atom is -0.480 e. The number of carbonyl (C=O) groups is 1. The van der Waals surface area contributed by atoms with Crippen LogP contribution in [0.3, 0.4) is 0 Å². The largest absolute Gasteiger partial charge is 0.480 e. The van der Waals surface area contributed by atoms with Gasteiger partial charge in [0, 0.05) is 0 Å². The van der Waals surface area contributed by atoms with Gasteiger partial charge in [-0.25, -0.2) is 0 Å². The van der Waals surface area contributed by atoms with E-state index in [4.69, 9.17) is 0 Å². The SMILES string of the molecule is CSC(C)(C(=O)O)c1ccccc1C. The quantitative estimate of drug-likeness (QED) is 0.833. The lowest BCUT2D eigenvalue weighted by Gasteiger charge is -2.24. The van der Waals surface area contributed by atoms with E-state index in [2.05, 4.69) is 0 Å². The first-order valence-corrected chi connectivity index (χ1v) is 5.59. The summed E-state index contributed by atoms with van der Waals surface area (Å²) in [6, 6.07) is 7.61. The number of carboxylic acid groups (broad SMARTS) is 1. The number of rotatable bonds is 3. The Morgan fingerprint density at radius 3 is 2.43 bits per heavy atom. The van der Waals surface area contributed by atoms with Crippen molar-refractivity contribution >= 4 is 17.7 Å². The van der Waals surface area contributed by atoms with Gasteiger partial charge >= 0.3 is 5.97 Å². The molecule has 1 aromatic carbocycles. The topological polar surface area (TPSA) is 37.3 Å². The number of hydrogen-bond acceptors (Lipinski definition) is 2. The van der Waals surface area contributed by atoms with Gasteiger partial charge in [-0.15, -0.1) is 11.8 Å². The first-order valence-electron chi connectivity index (χ1n) is 4.37. The normalized spacial score (nSPS) is 14.8. The molecule has 0 fully saturated rings. The molecule has 2 nitrogen and oxygen atoms in total. The van der Waals surface area contributed by atoms with Crippen molar-refractivity contribution in [3.05, 3.63) is 35.4 Å². The maximum absolute atomic E-state index is 11.2. The molecule has 0 aromatic heterocycles. The third-order valence-electron chi connectivity index (χ3n) is 2.48. The summed E-state index contributed by atoms with van der Waals surface area (Å²) in [7, 11) is 0. The lowest BCUT2D eigenvalue weighted by Crippen LogP contribution is -2.29. The van der Waals surface area contributed by atoms with Crippen molar-refractivity contribution < 1.29 is 9.90 Å². The highest BCUT2D eigenvalue weighted by Crippen LogP contribution is 2.36. The molecule has 3 heteroatoms. The minimum atomic E-state index is -0.842. The van der Waals surface area contributed by atoms with Gasteiger partial charge in [-0.05, 0) is 31.2 Å². The molecule has 1 atom stereocenters. The monoisotopic (exact) mass is 210 g/mol. The van der Waals surface area contributed by atoms with Gasteiger partial charge in [-0.3, -0.25) is 4.79 Å². The molecule has 0 spiro atoms. The van der Waals surface area contributed by atoms with Crippen molar-refractivity contribution in [2.24, 2.45) is 0 Å². The van der Waals surface area contributed by atoms with Crippen LogP contribution in [0, 0.1) is 6.92 Å². The van der Waals surface area contributed by atoms with Crippen LogP contribution in [0.4, 0.5) is 0 Å². The molecular formula is C11H14O2S. The molecule has 0 radical (unpaired) electrons. The highest BCUT2D eigenvalue weighted by atomic mass is 32.2. The fourth-order valence-corrected chi connectivity index (χ4v) is 2.04. The van der Waals surface area contributed by atoms with Gasteiger partial charge in [0.25, 0.3) is 0 Å². The summed E-state index contributed by atoms with van der Waals surface area (Å²) in [6.07, 6.45) is 1.82. The maximum atomic E-state index is 11.2. The number of aryl methyl sites for hydroxylation is 1. The number of benzene rings is 1. The summed E-state index contributed by atoms with van der Waals surface area (Å²) in [5.74, 6) is -0.792. The summed E-state index contributed by atoms with van der Waals surface area (Å²) in [5.41, 5.74) is 1.90. The molecule has 0 heterocycles. The second-order valence-electron chi connectivity index (χ2n) is 3.36. The summed E-state index contributed by atoms with van der Waals surface area (Å²) < 4.78 is -0.842. The smallest absolute Gasteiger partial charge is 0.324 e. The second-order valence-corrected chi connectivity index (χ2v) is 4.58. The Kier molecular flexibility index (Phi) is 3.21. The van der Waals surface area contributed by atoms with E-state index in [9.17, 15) is 9.90 Å². The fraction of sp³-hybridized carbons (Fsp3) is 0.364. The predicted octanol–water partition coefficient (Wildman–Crippen LogP) is 2.66. The Hall–Kier alpha value is -0.960. The van der Waals surface area contributed by atoms with Gasteiger partial charge in [0.1, 0.15) is 4.75 Å². The van der Waals surface area contributed by atoms with Crippen LogP contribution >= 0.6 is 11.8 Å². The van der Waals surface area contributed by atoms with E-state index in [-0.39, 0.29) is 0 Å². The summed E-state index contributed by atoms with van der Waals surface area (Å²) >= 11 is 1.35. The van der Waals surface area contributed by atoms with Crippen LogP contribution in [0.25, 0.3) is 0 Å². The van der Waals surface area contributed by atoms with Gasteiger partial charge < -0.3 is 5.11 Å². The van der Waals surface area contributed by atoms with Crippen molar-refractivity contribution in [2.45, 2.75) is 18.6 Å². The molecule has 0 saturated carbocycles. The van der Waals surface area contributed by atoms with Crippen molar-refractivity contribution in [3.8, 4) is 0 Å². The summed E-state index contributed by atoms with van der Waals surface area (Å²) in [4.78, 5) is 11.2. The summed E-state index contributed by atoms with van der Waals surface area (Å²) in [6.45, 7) is 3.68. The molecule has 1 unspecified atom stereocenters. The van der Waals surface area contributed by atoms with E-state index in [1.54, 1.807) is 6.92 Å². The third kappa shape index (κ3) is 1.77. The molecule has 1 rings (SSSR count). The Labute approximate surface area is 88.3 Å². The molecule has 0 bridgehead atoms. The molecule has 1 aromatic rings. The molecule has 0 saturated heterocycles. The zero-order valence-electron chi connectivity index (χ0n) is 8.57. The van der Waals surface area contributed by atoms with Gasteiger partial charge in [-0.2, -0.15) is 0 Å². The van der Waals surface area contributed by atoms with E-state index in [0.29, 0.717) is 0 Å². The Bertz CT molecular complexity index is 349. The van der Waals surface area contributed by atoms with Gasteiger partial charge in [0.05, 0.1) is 0 Å². The second kappa shape index (κ2) is 4.05. The molecule has 0 aliphatic rings. The lowest BCUT2D eigenvalue weighted by molar-refractivity contribution is -0.139. The van der Waals surface area contributed by atoms with Crippen molar-refractivity contribution in [3.63, 3.8) is 0 Å². The van der Waals surface area contributed by atoms with E-state index in [0.717, 1.165) is 11.1 Å². The van der Waals surface area contributed by atoms with Gasteiger partial charge in [-0.1, -0.05) is 24.3 Å². The Balaban J connectivity index is 3.26. The van der Waals surface area contributed by atoms with Crippen molar-refractivity contribution in [2.75, 3.05) is 6.26 Å². The predicted molar refractivity (Wildman–Crippen MR) is 59.7 cm³/mol. The molecule has 0 aliphatic carbocycles. The van der Waals surface area contributed by atoms with Gasteiger partial charge in [0.15, 0.2) is 0 Å². The standard InChI is InChI=1S/C11H14O2S/c1-8-6-4-5-7-9(8)11(2,14-3)10(12)13/h4-7H,1-3H3,(H,12,13). The first kappa shape index (κ1) is 11.1. The van der Waals surface area contributed by atoms with Gasteiger partial charge in [0.2, 0.25) is 0 Å². The highest BCUT2D eigenvalue weighted by Gasteiger charge is 2.35.